The first-order valence-corrected chi connectivity index (χ1v) is 10.7. The summed E-state index contributed by atoms with van der Waals surface area (Å²) in [6, 6.07) is 19.1. The van der Waals surface area contributed by atoms with E-state index in [9.17, 15) is 18.9 Å². The highest BCUT2D eigenvalue weighted by atomic mass is 32.2. The van der Waals surface area contributed by atoms with Crippen LogP contribution in [0.25, 0.3) is 11.2 Å². The first-order chi connectivity index (χ1) is 14.9. The second-order valence-electron chi connectivity index (χ2n) is 6.92. The molecule has 31 heavy (non-hydrogen) atoms. The first kappa shape index (κ1) is 20.1. The molecule has 152 valence electrons. The van der Waals surface area contributed by atoms with Crippen molar-refractivity contribution in [3.63, 3.8) is 0 Å². The van der Waals surface area contributed by atoms with Crippen molar-refractivity contribution in [3.8, 4) is 12.1 Å². The van der Waals surface area contributed by atoms with Gasteiger partial charge in [-0.25, -0.2) is 18.4 Å². The molecule has 4 aromatic rings. The normalized spacial score (nSPS) is 11.2. The molecule has 0 unspecified atom stereocenters. The minimum atomic E-state index is -4.06. The zero-order valence-corrected chi connectivity index (χ0v) is 17.3. The lowest BCUT2D eigenvalue weighted by Crippen LogP contribution is -2.09. The fourth-order valence-corrected chi connectivity index (χ4v) is 4.83. The highest BCUT2D eigenvalue weighted by molar-refractivity contribution is 7.92. The molecule has 0 atom stereocenters. The van der Waals surface area contributed by atoms with Crippen molar-refractivity contribution < 1.29 is 8.42 Å². The molecule has 2 aromatic heterocycles. The molecule has 0 saturated carbocycles. The van der Waals surface area contributed by atoms with Crippen LogP contribution in [-0.4, -0.2) is 23.0 Å². The Morgan fingerprint density at radius 1 is 0.968 bits per heavy atom. The van der Waals surface area contributed by atoms with Crippen LogP contribution in [0.2, 0.25) is 0 Å². The van der Waals surface area contributed by atoms with Crippen molar-refractivity contribution in [1.82, 2.24) is 14.5 Å². The van der Waals surface area contributed by atoms with Crippen LogP contribution >= 0.6 is 0 Å². The van der Waals surface area contributed by atoms with E-state index in [1.165, 1.54) is 16.7 Å². The summed E-state index contributed by atoms with van der Waals surface area (Å²) in [5.74, 6) is -0.0570. The molecule has 0 spiro atoms. The lowest BCUT2D eigenvalue weighted by Gasteiger charge is -2.09. The number of rotatable bonds is 4. The van der Waals surface area contributed by atoms with E-state index in [1.54, 1.807) is 24.3 Å². The predicted molar refractivity (Wildman–Crippen MR) is 114 cm³/mol. The molecule has 9 heteroatoms. The van der Waals surface area contributed by atoms with E-state index >= 15 is 0 Å². The summed E-state index contributed by atoms with van der Waals surface area (Å²) in [4.78, 5) is 8.22. The van der Waals surface area contributed by atoms with Gasteiger partial charge in [0.15, 0.2) is 17.0 Å². The molecule has 0 bridgehead atoms. The number of aryl methyl sites for hydroxylation is 1. The average molecular weight is 428 g/mol. The summed E-state index contributed by atoms with van der Waals surface area (Å²) in [5.41, 5.74) is 7.92. The average Bonchev–Trinajstić information content (AvgIpc) is 3.05. The van der Waals surface area contributed by atoms with Crippen molar-refractivity contribution in [1.29, 1.82) is 10.5 Å². The lowest BCUT2D eigenvalue weighted by molar-refractivity contribution is 0.597. The van der Waals surface area contributed by atoms with Gasteiger partial charge >= 0.3 is 0 Å². The van der Waals surface area contributed by atoms with E-state index in [0.29, 0.717) is 0 Å². The van der Waals surface area contributed by atoms with Gasteiger partial charge in [0, 0.05) is 0 Å². The van der Waals surface area contributed by atoms with E-state index in [4.69, 9.17) is 5.73 Å². The van der Waals surface area contributed by atoms with Gasteiger partial charge in [-0.3, -0.25) is 0 Å². The molecule has 4 rings (SSSR count). The molecule has 0 saturated heterocycles. The second-order valence-corrected chi connectivity index (χ2v) is 8.81. The van der Waals surface area contributed by atoms with Gasteiger partial charge in [0.05, 0.1) is 11.4 Å². The zero-order valence-electron chi connectivity index (χ0n) is 16.4. The molecule has 2 heterocycles. The number of benzene rings is 2. The molecule has 0 radical (unpaired) electrons. The molecule has 0 aliphatic carbocycles. The summed E-state index contributed by atoms with van der Waals surface area (Å²) in [6.45, 7) is 2.18. The standard InChI is InChI=1S/C22H16N6O2S/c1-14-7-9-15(10-8-14)13-28-21(25)20(31(29,30)16-5-3-2-4-6-16)19-22(28)27-18(12-24)17(11-23)26-19/h2-10H,13,25H2,1H3. The van der Waals surface area contributed by atoms with Crippen LogP contribution in [0.3, 0.4) is 0 Å². The van der Waals surface area contributed by atoms with Crippen molar-refractivity contribution in [3.05, 3.63) is 77.1 Å². The molecular weight excluding hydrogens is 412 g/mol. The lowest BCUT2D eigenvalue weighted by atomic mass is 10.1. The van der Waals surface area contributed by atoms with E-state index < -0.39 is 9.84 Å². The number of nitrogen functional groups attached to an aromatic ring is 1. The Balaban J connectivity index is 2.04. The minimum absolute atomic E-state index is 0.0379. The number of hydrogen-bond donors (Lipinski definition) is 1. The molecule has 0 fully saturated rings. The van der Waals surface area contributed by atoms with Crippen LogP contribution in [-0.2, 0) is 16.4 Å². The zero-order chi connectivity index (χ0) is 22.2. The van der Waals surface area contributed by atoms with Crippen LogP contribution in [0.5, 0.6) is 0 Å². The van der Waals surface area contributed by atoms with Gasteiger partial charge in [-0.15, -0.1) is 0 Å². The maximum absolute atomic E-state index is 13.4. The topological polar surface area (TPSA) is 138 Å². The second kappa shape index (κ2) is 7.56. The number of aromatic nitrogens is 3. The Hall–Kier alpha value is -4.21. The molecule has 0 aliphatic heterocycles. The molecule has 0 amide bonds. The summed E-state index contributed by atoms with van der Waals surface area (Å²) in [7, 11) is -4.06. The van der Waals surface area contributed by atoms with Gasteiger partial charge < -0.3 is 10.3 Å². The van der Waals surface area contributed by atoms with Gasteiger partial charge in [0.1, 0.15) is 28.4 Å². The third-order valence-corrected chi connectivity index (χ3v) is 6.70. The van der Waals surface area contributed by atoms with Crippen molar-refractivity contribution in [2.24, 2.45) is 0 Å². The molecule has 8 nitrogen and oxygen atoms in total. The first-order valence-electron chi connectivity index (χ1n) is 9.22. The Labute approximate surface area is 178 Å². The summed E-state index contributed by atoms with van der Waals surface area (Å²) in [5, 5.41) is 18.7. The van der Waals surface area contributed by atoms with Gasteiger partial charge in [0.25, 0.3) is 0 Å². The molecule has 2 aromatic carbocycles. The highest BCUT2D eigenvalue weighted by Gasteiger charge is 2.30. The van der Waals surface area contributed by atoms with Crippen LogP contribution in [0, 0.1) is 29.6 Å². The number of nitrogens with two attached hydrogens (primary N) is 1. The monoisotopic (exact) mass is 428 g/mol. The number of nitrogens with zero attached hydrogens (tertiary/aromatic N) is 5. The summed E-state index contributed by atoms with van der Waals surface area (Å²) >= 11 is 0. The SMILES string of the molecule is Cc1ccc(Cn2c(N)c(S(=O)(=O)c3ccccc3)c3nc(C#N)c(C#N)nc32)cc1. The largest absolute Gasteiger partial charge is 0.384 e. The van der Waals surface area contributed by atoms with Crippen LogP contribution < -0.4 is 5.73 Å². The number of nitriles is 2. The highest BCUT2D eigenvalue weighted by Crippen LogP contribution is 2.35. The number of anilines is 1. The van der Waals surface area contributed by atoms with Crippen LogP contribution in [0.4, 0.5) is 5.82 Å². The number of sulfone groups is 1. The van der Waals surface area contributed by atoms with E-state index in [0.717, 1.165) is 11.1 Å². The number of fused-ring (bicyclic) bond motifs is 1. The quantitative estimate of drug-likeness (QED) is 0.527. The van der Waals surface area contributed by atoms with Crippen LogP contribution in [0.15, 0.2) is 64.4 Å². The fraction of sp³-hybridized carbons (Fsp3) is 0.0909. The van der Waals surface area contributed by atoms with Crippen molar-refractivity contribution in [2.45, 2.75) is 23.3 Å². The molecule has 0 aliphatic rings. The van der Waals surface area contributed by atoms with Crippen molar-refractivity contribution in [2.75, 3.05) is 5.73 Å². The molecule has 2 N–H and O–H groups in total. The van der Waals surface area contributed by atoms with E-state index in [1.807, 2.05) is 37.3 Å². The van der Waals surface area contributed by atoms with Gasteiger partial charge in [-0.2, -0.15) is 10.5 Å². The Kier molecular flexibility index (Phi) is 4.90. The van der Waals surface area contributed by atoms with Gasteiger partial charge in [-0.05, 0) is 24.6 Å². The number of hydrogen-bond acceptors (Lipinski definition) is 7. The van der Waals surface area contributed by atoms with Crippen LogP contribution in [0.1, 0.15) is 22.5 Å². The van der Waals surface area contributed by atoms with Gasteiger partial charge in [0.2, 0.25) is 9.84 Å². The Morgan fingerprint density at radius 2 is 1.58 bits per heavy atom. The minimum Gasteiger partial charge on any atom is -0.384 e. The Morgan fingerprint density at radius 3 is 2.19 bits per heavy atom. The van der Waals surface area contributed by atoms with Crippen molar-refractivity contribution >= 4 is 26.8 Å². The summed E-state index contributed by atoms with van der Waals surface area (Å²) in [6.07, 6.45) is 0. The summed E-state index contributed by atoms with van der Waals surface area (Å²) < 4.78 is 28.4. The predicted octanol–water partition coefficient (Wildman–Crippen LogP) is 2.95. The van der Waals surface area contributed by atoms with E-state index in [2.05, 4.69) is 9.97 Å². The fourth-order valence-electron chi connectivity index (χ4n) is 3.30. The maximum Gasteiger partial charge on any atom is 0.212 e. The van der Waals surface area contributed by atoms with Gasteiger partial charge in [-0.1, -0.05) is 48.0 Å². The third kappa shape index (κ3) is 3.37. The third-order valence-electron chi connectivity index (χ3n) is 4.87. The smallest absolute Gasteiger partial charge is 0.212 e. The van der Waals surface area contributed by atoms with E-state index in [-0.39, 0.29) is 44.7 Å². The maximum atomic E-state index is 13.4. The Bertz CT molecular complexity index is 1490. The molecular formula is C22H16N6O2S.